The Morgan fingerprint density at radius 1 is 1.33 bits per heavy atom. The van der Waals surface area contributed by atoms with Crippen LogP contribution in [-0.2, 0) is 23.1 Å². The largest absolute Gasteiger partial charge is 0.480 e. The van der Waals surface area contributed by atoms with E-state index in [9.17, 15) is 14.7 Å². The second-order valence-electron chi connectivity index (χ2n) is 5.87. The summed E-state index contributed by atoms with van der Waals surface area (Å²) in [6.07, 6.45) is 9.32. The average Bonchev–Trinajstić information content (AvgIpc) is 2.71. The van der Waals surface area contributed by atoms with E-state index >= 15 is 0 Å². The van der Waals surface area contributed by atoms with Crippen molar-refractivity contribution in [2.24, 2.45) is 7.05 Å². The van der Waals surface area contributed by atoms with Gasteiger partial charge in [0.25, 0.3) is 0 Å². The van der Waals surface area contributed by atoms with Crippen molar-refractivity contribution in [2.75, 3.05) is 0 Å². The maximum atomic E-state index is 12.1. The highest BCUT2D eigenvalue weighted by atomic mass is 16.4. The number of hydrogen-bond acceptors (Lipinski definition) is 3. The summed E-state index contributed by atoms with van der Waals surface area (Å²) in [4.78, 5) is 23.7. The van der Waals surface area contributed by atoms with Crippen LogP contribution in [0, 0.1) is 0 Å². The van der Waals surface area contributed by atoms with E-state index in [1.54, 1.807) is 10.9 Å². The van der Waals surface area contributed by atoms with Gasteiger partial charge in [-0.3, -0.25) is 9.48 Å². The second kappa shape index (κ2) is 6.74. The van der Waals surface area contributed by atoms with Gasteiger partial charge < -0.3 is 10.4 Å². The van der Waals surface area contributed by atoms with Crippen molar-refractivity contribution in [2.45, 2.75) is 56.9 Å². The van der Waals surface area contributed by atoms with Crippen LogP contribution in [-0.4, -0.2) is 32.3 Å². The molecule has 0 atom stereocenters. The Kier molecular flexibility index (Phi) is 4.98. The minimum atomic E-state index is -1.07. The van der Waals surface area contributed by atoms with Crippen LogP contribution < -0.4 is 5.32 Å². The number of aliphatic carboxylic acids is 1. The predicted octanol–water partition coefficient (Wildman–Crippen LogP) is 1.65. The van der Waals surface area contributed by atoms with Gasteiger partial charge in [0.2, 0.25) is 5.91 Å². The molecule has 0 radical (unpaired) electrons. The maximum absolute atomic E-state index is 12.1. The Bertz CT molecular complexity index is 502. The van der Waals surface area contributed by atoms with Crippen molar-refractivity contribution >= 4 is 11.9 Å². The highest BCUT2D eigenvalue weighted by Crippen LogP contribution is 2.27. The molecular weight excluding hydrogens is 270 g/mol. The van der Waals surface area contributed by atoms with Gasteiger partial charge in [0.05, 0.1) is 6.20 Å². The molecule has 1 heterocycles. The summed E-state index contributed by atoms with van der Waals surface area (Å²) in [5.74, 6) is -1.10. The fourth-order valence-electron chi connectivity index (χ4n) is 2.91. The summed E-state index contributed by atoms with van der Waals surface area (Å²) in [6, 6.07) is 0. The van der Waals surface area contributed by atoms with E-state index in [0.29, 0.717) is 25.7 Å². The molecule has 1 saturated carbocycles. The van der Waals surface area contributed by atoms with Gasteiger partial charge in [0.15, 0.2) is 0 Å². The minimum Gasteiger partial charge on any atom is -0.480 e. The Morgan fingerprint density at radius 3 is 2.52 bits per heavy atom. The number of carboxylic acid groups (broad SMARTS) is 1. The number of rotatable bonds is 5. The first-order valence-corrected chi connectivity index (χ1v) is 7.54. The van der Waals surface area contributed by atoms with Crippen LogP contribution in [0.15, 0.2) is 12.4 Å². The summed E-state index contributed by atoms with van der Waals surface area (Å²) in [5.41, 5.74) is -0.0828. The van der Waals surface area contributed by atoms with Gasteiger partial charge in [-0.25, -0.2) is 4.79 Å². The standard InChI is InChI=1S/C15H23N3O3/c1-18-11-12(10-16-18)6-7-13(19)17-15(14(20)21)8-4-2-3-5-9-15/h10-11H,2-9H2,1H3,(H,17,19)(H,20,21). The number of carbonyl (C=O) groups excluding carboxylic acids is 1. The quantitative estimate of drug-likeness (QED) is 0.808. The summed E-state index contributed by atoms with van der Waals surface area (Å²) in [5, 5.41) is 16.4. The zero-order chi connectivity index (χ0) is 15.3. The number of nitrogens with one attached hydrogen (secondary N) is 1. The molecule has 116 valence electrons. The van der Waals surface area contributed by atoms with Crippen molar-refractivity contribution < 1.29 is 14.7 Å². The Balaban J connectivity index is 1.93. The molecule has 0 bridgehead atoms. The van der Waals surface area contributed by atoms with E-state index in [1.807, 2.05) is 13.2 Å². The van der Waals surface area contributed by atoms with E-state index < -0.39 is 11.5 Å². The molecule has 1 amide bonds. The Morgan fingerprint density at radius 2 is 2.00 bits per heavy atom. The van der Waals surface area contributed by atoms with Crippen LogP contribution in [0.4, 0.5) is 0 Å². The molecule has 6 nitrogen and oxygen atoms in total. The van der Waals surface area contributed by atoms with E-state index in [-0.39, 0.29) is 5.91 Å². The van der Waals surface area contributed by atoms with Gasteiger partial charge in [0, 0.05) is 19.7 Å². The monoisotopic (exact) mass is 293 g/mol. The van der Waals surface area contributed by atoms with E-state index in [1.165, 1.54) is 0 Å². The van der Waals surface area contributed by atoms with E-state index in [0.717, 1.165) is 31.2 Å². The van der Waals surface area contributed by atoms with Crippen LogP contribution in [0.5, 0.6) is 0 Å². The molecule has 21 heavy (non-hydrogen) atoms. The minimum absolute atomic E-state index is 0.192. The second-order valence-corrected chi connectivity index (χ2v) is 5.87. The molecule has 1 aliphatic rings. The number of aromatic nitrogens is 2. The number of carbonyl (C=O) groups is 2. The lowest BCUT2D eigenvalue weighted by Gasteiger charge is -2.29. The molecule has 1 aromatic rings. The van der Waals surface area contributed by atoms with Gasteiger partial charge in [-0.1, -0.05) is 25.7 Å². The first kappa shape index (κ1) is 15.5. The zero-order valence-electron chi connectivity index (χ0n) is 12.5. The lowest BCUT2D eigenvalue weighted by atomic mass is 9.90. The van der Waals surface area contributed by atoms with Crippen LogP contribution in [0.2, 0.25) is 0 Å². The normalized spacial score (nSPS) is 18.0. The van der Waals surface area contributed by atoms with Crippen LogP contribution >= 0.6 is 0 Å². The van der Waals surface area contributed by atoms with Gasteiger partial charge in [0.1, 0.15) is 5.54 Å². The third-order valence-electron chi connectivity index (χ3n) is 4.14. The van der Waals surface area contributed by atoms with Gasteiger partial charge in [-0.05, 0) is 24.8 Å². The predicted molar refractivity (Wildman–Crippen MR) is 77.7 cm³/mol. The fourth-order valence-corrected chi connectivity index (χ4v) is 2.91. The molecule has 0 aliphatic heterocycles. The van der Waals surface area contributed by atoms with Crippen LogP contribution in [0.3, 0.4) is 0 Å². The first-order chi connectivity index (χ1) is 10.0. The molecule has 6 heteroatoms. The van der Waals surface area contributed by atoms with E-state index in [2.05, 4.69) is 10.4 Å². The van der Waals surface area contributed by atoms with Crippen LogP contribution in [0.25, 0.3) is 0 Å². The highest BCUT2D eigenvalue weighted by molar-refractivity contribution is 5.87. The molecule has 0 aromatic carbocycles. The zero-order valence-corrected chi connectivity index (χ0v) is 12.5. The lowest BCUT2D eigenvalue weighted by Crippen LogP contribution is -2.54. The lowest BCUT2D eigenvalue weighted by molar-refractivity contribution is -0.148. The van der Waals surface area contributed by atoms with Crippen molar-refractivity contribution in [1.82, 2.24) is 15.1 Å². The van der Waals surface area contributed by atoms with Gasteiger partial charge in [-0.2, -0.15) is 5.10 Å². The maximum Gasteiger partial charge on any atom is 0.329 e. The van der Waals surface area contributed by atoms with Crippen molar-refractivity contribution in [3.05, 3.63) is 18.0 Å². The molecule has 1 aromatic heterocycles. The van der Waals surface area contributed by atoms with E-state index in [4.69, 9.17) is 0 Å². The number of aryl methyl sites for hydroxylation is 2. The van der Waals surface area contributed by atoms with Crippen molar-refractivity contribution in [3.63, 3.8) is 0 Å². The van der Waals surface area contributed by atoms with Crippen molar-refractivity contribution in [1.29, 1.82) is 0 Å². The van der Waals surface area contributed by atoms with Gasteiger partial charge >= 0.3 is 5.97 Å². The molecule has 0 spiro atoms. The number of amides is 1. The molecular formula is C15H23N3O3. The first-order valence-electron chi connectivity index (χ1n) is 7.54. The molecule has 2 rings (SSSR count). The topological polar surface area (TPSA) is 84.2 Å². The number of nitrogens with zero attached hydrogens (tertiary/aromatic N) is 2. The summed E-state index contributed by atoms with van der Waals surface area (Å²) < 4.78 is 1.69. The molecule has 1 aliphatic carbocycles. The third kappa shape index (κ3) is 4.06. The highest BCUT2D eigenvalue weighted by Gasteiger charge is 2.39. The van der Waals surface area contributed by atoms with Crippen LogP contribution in [0.1, 0.15) is 50.5 Å². The molecule has 0 saturated heterocycles. The Hall–Kier alpha value is -1.85. The SMILES string of the molecule is Cn1cc(CCC(=O)NC2(C(=O)O)CCCCCC2)cn1. The molecule has 1 fully saturated rings. The van der Waals surface area contributed by atoms with Gasteiger partial charge in [-0.15, -0.1) is 0 Å². The number of carboxylic acids is 1. The number of hydrogen-bond donors (Lipinski definition) is 2. The molecule has 0 unspecified atom stereocenters. The average molecular weight is 293 g/mol. The summed E-state index contributed by atoms with van der Waals surface area (Å²) in [7, 11) is 1.83. The fraction of sp³-hybridized carbons (Fsp3) is 0.667. The summed E-state index contributed by atoms with van der Waals surface area (Å²) >= 11 is 0. The van der Waals surface area contributed by atoms with Crippen molar-refractivity contribution in [3.8, 4) is 0 Å². The summed E-state index contributed by atoms with van der Waals surface area (Å²) in [6.45, 7) is 0. The Labute approximate surface area is 124 Å². The molecule has 2 N–H and O–H groups in total. The smallest absolute Gasteiger partial charge is 0.329 e. The third-order valence-corrected chi connectivity index (χ3v) is 4.14.